The number of aliphatic hydroxyl groups excluding tert-OH is 1. The number of nitrogens with one attached hydrogen (secondary N) is 1. The summed E-state index contributed by atoms with van der Waals surface area (Å²) in [5, 5.41) is 14.2. The van der Waals surface area contributed by atoms with Crippen LogP contribution in [0.25, 0.3) is 0 Å². The van der Waals surface area contributed by atoms with Crippen LogP contribution < -0.4 is 0 Å². The first kappa shape index (κ1) is 15.0. The van der Waals surface area contributed by atoms with Crippen molar-refractivity contribution in [3.05, 3.63) is 34.1 Å². The molecule has 0 aliphatic rings. The Labute approximate surface area is 123 Å². The predicted molar refractivity (Wildman–Crippen MR) is 77.5 cm³/mol. The fourth-order valence-corrected chi connectivity index (χ4v) is 2.43. The van der Waals surface area contributed by atoms with Gasteiger partial charge in [-0.25, -0.2) is 4.98 Å². The van der Waals surface area contributed by atoms with Gasteiger partial charge in [-0.1, -0.05) is 11.6 Å². The first-order valence-electron chi connectivity index (χ1n) is 6.53. The van der Waals surface area contributed by atoms with E-state index in [1.165, 1.54) is 0 Å². The van der Waals surface area contributed by atoms with Crippen molar-refractivity contribution in [3.63, 3.8) is 0 Å². The van der Waals surface area contributed by atoms with Crippen LogP contribution in [0.4, 0.5) is 0 Å². The van der Waals surface area contributed by atoms with Crippen LogP contribution in [-0.4, -0.2) is 42.9 Å². The van der Waals surface area contributed by atoms with E-state index >= 15 is 0 Å². The molecule has 0 spiro atoms. The number of hydrogen-bond acceptors (Lipinski definition) is 4. The zero-order valence-electron chi connectivity index (χ0n) is 12.0. The van der Waals surface area contributed by atoms with E-state index in [4.69, 9.17) is 11.6 Å². The van der Waals surface area contributed by atoms with Gasteiger partial charge in [-0.05, 0) is 13.8 Å². The second-order valence-corrected chi connectivity index (χ2v) is 5.24. The number of halogens is 1. The molecule has 2 N–H and O–H groups in total. The number of imidazole rings is 1. The molecule has 7 heteroatoms. The fourth-order valence-electron chi connectivity index (χ4n) is 2.19. The molecule has 0 amide bonds. The van der Waals surface area contributed by atoms with Gasteiger partial charge < -0.3 is 10.1 Å². The molecular weight excluding hydrogens is 278 g/mol. The molecule has 0 aromatic carbocycles. The Bertz CT molecular complexity index is 577. The van der Waals surface area contributed by atoms with Crippen LogP contribution in [0.5, 0.6) is 0 Å². The largest absolute Gasteiger partial charge is 0.395 e. The van der Waals surface area contributed by atoms with Crippen molar-refractivity contribution in [2.45, 2.75) is 26.9 Å². The Hall–Kier alpha value is -1.37. The maximum atomic E-state index is 9.23. The maximum absolute atomic E-state index is 9.23. The van der Waals surface area contributed by atoms with Crippen LogP contribution in [-0.2, 0) is 20.1 Å². The SMILES string of the molecule is Cc1nn(C)c(Cl)c1CN(CCO)Cc1nc[nH]c1C. The summed E-state index contributed by atoms with van der Waals surface area (Å²) >= 11 is 6.26. The number of nitrogens with zero attached hydrogens (tertiary/aromatic N) is 4. The van der Waals surface area contributed by atoms with E-state index in [1.54, 1.807) is 11.0 Å². The van der Waals surface area contributed by atoms with E-state index in [0.29, 0.717) is 24.8 Å². The first-order valence-corrected chi connectivity index (χ1v) is 6.90. The second kappa shape index (κ2) is 6.39. The van der Waals surface area contributed by atoms with E-state index in [2.05, 4.69) is 20.0 Å². The molecule has 0 aliphatic heterocycles. The van der Waals surface area contributed by atoms with Crippen LogP contribution in [0, 0.1) is 13.8 Å². The lowest BCUT2D eigenvalue weighted by Crippen LogP contribution is -2.27. The standard InChI is InChI=1S/C13H20ClN5O/c1-9-11(13(14)18(3)17-9)6-19(4-5-20)7-12-10(2)15-8-16-12/h8,20H,4-7H2,1-3H3,(H,15,16). The van der Waals surface area contributed by atoms with Gasteiger partial charge in [0.1, 0.15) is 5.15 Å². The summed E-state index contributed by atoms with van der Waals surface area (Å²) < 4.78 is 1.67. The minimum Gasteiger partial charge on any atom is -0.395 e. The number of aliphatic hydroxyl groups is 1. The number of H-pyrrole nitrogens is 1. The number of rotatable bonds is 6. The van der Waals surface area contributed by atoms with Crippen LogP contribution in [0.1, 0.15) is 22.6 Å². The number of hydrogen-bond donors (Lipinski definition) is 2. The Kier molecular flexibility index (Phi) is 4.80. The number of aromatic amines is 1. The molecule has 0 atom stereocenters. The lowest BCUT2D eigenvalue weighted by Gasteiger charge is -2.20. The molecule has 2 aromatic heterocycles. The van der Waals surface area contributed by atoms with Crippen LogP contribution in [0.2, 0.25) is 5.15 Å². The molecule has 6 nitrogen and oxygen atoms in total. The smallest absolute Gasteiger partial charge is 0.131 e. The summed E-state index contributed by atoms with van der Waals surface area (Å²) in [6, 6.07) is 0. The molecule has 0 saturated heterocycles. The van der Waals surface area contributed by atoms with Crippen molar-refractivity contribution in [2.75, 3.05) is 13.2 Å². The fraction of sp³-hybridized carbons (Fsp3) is 0.538. The molecule has 20 heavy (non-hydrogen) atoms. The van der Waals surface area contributed by atoms with Gasteiger partial charge in [0.05, 0.1) is 24.3 Å². The van der Waals surface area contributed by atoms with Crippen molar-refractivity contribution in [2.24, 2.45) is 7.05 Å². The average molecular weight is 298 g/mol. The number of aromatic nitrogens is 4. The molecule has 2 rings (SSSR count). The van der Waals surface area contributed by atoms with Gasteiger partial charge in [0.15, 0.2) is 0 Å². The van der Waals surface area contributed by atoms with Gasteiger partial charge in [0.2, 0.25) is 0 Å². The first-order chi connectivity index (χ1) is 9.52. The molecule has 2 heterocycles. The van der Waals surface area contributed by atoms with E-state index in [1.807, 2.05) is 20.9 Å². The van der Waals surface area contributed by atoms with Crippen LogP contribution >= 0.6 is 11.6 Å². The van der Waals surface area contributed by atoms with Crippen molar-refractivity contribution < 1.29 is 5.11 Å². The molecule has 0 unspecified atom stereocenters. The highest BCUT2D eigenvalue weighted by atomic mass is 35.5. The quantitative estimate of drug-likeness (QED) is 0.846. The third-order valence-corrected chi connectivity index (χ3v) is 3.85. The monoisotopic (exact) mass is 297 g/mol. The normalized spacial score (nSPS) is 11.5. The van der Waals surface area contributed by atoms with E-state index < -0.39 is 0 Å². The zero-order chi connectivity index (χ0) is 14.7. The third-order valence-electron chi connectivity index (χ3n) is 3.38. The summed E-state index contributed by atoms with van der Waals surface area (Å²) in [6.07, 6.45) is 1.68. The highest BCUT2D eigenvalue weighted by molar-refractivity contribution is 6.30. The Morgan fingerprint density at radius 3 is 2.65 bits per heavy atom. The van der Waals surface area contributed by atoms with Crippen LogP contribution in [0.3, 0.4) is 0 Å². The van der Waals surface area contributed by atoms with E-state index in [0.717, 1.165) is 22.6 Å². The Morgan fingerprint density at radius 2 is 2.15 bits per heavy atom. The molecule has 0 saturated carbocycles. The van der Waals surface area contributed by atoms with Crippen molar-refractivity contribution in [1.29, 1.82) is 0 Å². The van der Waals surface area contributed by atoms with Gasteiger partial charge in [-0.2, -0.15) is 5.10 Å². The minimum atomic E-state index is 0.0976. The summed E-state index contributed by atoms with van der Waals surface area (Å²) in [5.41, 5.74) is 3.94. The van der Waals surface area contributed by atoms with Crippen molar-refractivity contribution in [1.82, 2.24) is 24.6 Å². The van der Waals surface area contributed by atoms with Gasteiger partial charge in [-0.15, -0.1) is 0 Å². The predicted octanol–water partition coefficient (Wildman–Crippen LogP) is 1.41. The molecule has 0 radical (unpaired) electrons. The van der Waals surface area contributed by atoms with E-state index in [9.17, 15) is 5.11 Å². The number of aryl methyl sites for hydroxylation is 3. The van der Waals surface area contributed by atoms with Crippen LogP contribution in [0.15, 0.2) is 6.33 Å². The summed E-state index contributed by atoms with van der Waals surface area (Å²) in [4.78, 5) is 9.47. The highest BCUT2D eigenvalue weighted by Crippen LogP contribution is 2.21. The molecule has 110 valence electrons. The van der Waals surface area contributed by atoms with Crippen molar-refractivity contribution >= 4 is 11.6 Å². The summed E-state index contributed by atoms with van der Waals surface area (Å²) in [5.74, 6) is 0. The maximum Gasteiger partial charge on any atom is 0.131 e. The zero-order valence-corrected chi connectivity index (χ0v) is 12.8. The average Bonchev–Trinajstić information content (AvgIpc) is 2.89. The second-order valence-electron chi connectivity index (χ2n) is 4.89. The third kappa shape index (κ3) is 3.20. The summed E-state index contributed by atoms with van der Waals surface area (Å²) in [7, 11) is 1.83. The lowest BCUT2D eigenvalue weighted by molar-refractivity contribution is 0.182. The highest BCUT2D eigenvalue weighted by Gasteiger charge is 2.16. The minimum absolute atomic E-state index is 0.0976. The molecule has 2 aromatic rings. The van der Waals surface area contributed by atoms with Gasteiger partial charge in [-0.3, -0.25) is 9.58 Å². The topological polar surface area (TPSA) is 70.0 Å². The van der Waals surface area contributed by atoms with E-state index in [-0.39, 0.29) is 6.61 Å². The molecule has 0 fully saturated rings. The van der Waals surface area contributed by atoms with Gasteiger partial charge in [0, 0.05) is 37.9 Å². The Morgan fingerprint density at radius 1 is 1.40 bits per heavy atom. The molecule has 0 aliphatic carbocycles. The van der Waals surface area contributed by atoms with Gasteiger partial charge >= 0.3 is 0 Å². The molecule has 0 bridgehead atoms. The van der Waals surface area contributed by atoms with Crippen molar-refractivity contribution in [3.8, 4) is 0 Å². The van der Waals surface area contributed by atoms with Gasteiger partial charge in [0.25, 0.3) is 0 Å². The molecular formula is C13H20ClN5O. The summed E-state index contributed by atoms with van der Waals surface area (Å²) in [6.45, 7) is 5.91. The lowest BCUT2D eigenvalue weighted by atomic mass is 10.2. The Balaban J connectivity index is 2.15.